The highest BCUT2D eigenvalue weighted by Crippen LogP contribution is 2.02. The quantitative estimate of drug-likeness (QED) is 0.586. The van der Waals surface area contributed by atoms with E-state index in [-0.39, 0.29) is 24.6 Å². The highest BCUT2D eigenvalue weighted by atomic mass is 35.5. The van der Waals surface area contributed by atoms with Crippen molar-refractivity contribution in [2.75, 3.05) is 6.54 Å². The van der Waals surface area contributed by atoms with E-state index >= 15 is 0 Å². The van der Waals surface area contributed by atoms with Gasteiger partial charge < -0.3 is 10.4 Å². The zero-order chi connectivity index (χ0) is 7.56. The third-order valence-electron chi connectivity index (χ3n) is 1.52. The molecule has 0 radical (unpaired) electrons. The monoisotopic (exact) mass is 179 g/mol. The molecule has 5 heteroatoms. The van der Waals surface area contributed by atoms with E-state index in [1.165, 1.54) is 0 Å². The van der Waals surface area contributed by atoms with E-state index in [1.807, 2.05) is 0 Å². The molecule has 0 bridgehead atoms. The molecule has 0 aromatic rings. The first-order valence-electron chi connectivity index (χ1n) is 3.18. The maximum absolute atomic E-state index is 10.7. The number of ketones is 1. The van der Waals surface area contributed by atoms with E-state index in [4.69, 9.17) is 5.11 Å². The van der Waals surface area contributed by atoms with E-state index in [2.05, 4.69) is 5.32 Å². The third kappa shape index (κ3) is 2.86. The minimum Gasteiger partial charge on any atom is -0.480 e. The zero-order valence-electron chi connectivity index (χ0n) is 5.87. The van der Waals surface area contributed by atoms with Gasteiger partial charge in [-0.3, -0.25) is 9.59 Å². The predicted octanol–water partition coefficient (Wildman–Crippen LogP) is -0.186. The highest BCUT2D eigenvalue weighted by Gasteiger charge is 2.23. The molecule has 0 saturated carbocycles. The first-order valence-corrected chi connectivity index (χ1v) is 3.18. The van der Waals surface area contributed by atoms with Gasteiger partial charge in [0.2, 0.25) is 0 Å². The van der Waals surface area contributed by atoms with Crippen LogP contribution in [0.15, 0.2) is 0 Å². The van der Waals surface area contributed by atoms with Crippen molar-refractivity contribution in [1.29, 1.82) is 0 Å². The molecule has 1 atom stereocenters. The number of nitrogens with one attached hydrogen (secondary N) is 1. The molecular weight excluding hydrogens is 170 g/mol. The van der Waals surface area contributed by atoms with Gasteiger partial charge in [0.25, 0.3) is 0 Å². The fourth-order valence-corrected chi connectivity index (χ4v) is 0.962. The van der Waals surface area contributed by atoms with Gasteiger partial charge in [0, 0.05) is 19.4 Å². The standard InChI is InChI=1S/C6H9NO3.ClH/c8-4-1-2-7-5(3-4)6(9)10;/h5,7H,1-3H2,(H,9,10);1H. The fourth-order valence-electron chi connectivity index (χ4n) is 0.962. The van der Waals surface area contributed by atoms with Crippen molar-refractivity contribution in [2.24, 2.45) is 0 Å². The summed E-state index contributed by atoms with van der Waals surface area (Å²) in [5.74, 6) is -0.904. The Kier molecular flexibility index (Phi) is 4.07. The van der Waals surface area contributed by atoms with Crippen molar-refractivity contribution in [2.45, 2.75) is 18.9 Å². The lowest BCUT2D eigenvalue weighted by Crippen LogP contribution is -2.43. The van der Waals surface area contributed by atoms with Gasteiger partial charge in [-0.2, -0.15) is 0 Å². The topological polar surface area (TPSA) is 66.4 Å². The number of Topliss-reactive ketones (excluding diaryl/α,β-unsaturated/α-hetero) is 1. The molecule has 1 aliphatic heterocycles. The van der Waals surface area contributed by atoms with Gasteiger partial charge in [-0.05, 0) is 0 Å². The van der Waals surface area contributed by atoms with Gasteiger partial charge in [0.1, 0.15) is 11.8 Å². The molecule has 0 amide bonds. The van der Waals surface area contributed by atoms with E-state index in [0.29, 0.717) is 13.0 Å². The number of carbonyl (C=O) groups is 2. The molecular formula is C6H10ClNO3. The van der Waals surface area contributed by atoms with Crippen LogP contribution in [0.1, 0.15) is 12.8 Å². The maximum atomic E-state index is 10.7. The van der Waals surface area contributed by atoms with Crippen molar-refractivity contribution in [3.8, 4) is 0 Å². The van der Waals surface area contributed by atoms with Crippen LogP contribution in [0.5, 0.6) is 0 Å². The minimum absolute atomic E-state index is 0. The molecule has 1 rings (SSSR count). The average Bonchev–Trinajstić information content (AvgIpc) is 1.88. The third-order valence-corrected chi connectivity index (χ3v) is 1.52. The Labute approximate surface area is 70.4 Å². The number of carboxylic acid groups (broad SMARTS) is 1. The smallest absolute Gasteiger partial charge is 0.321 e. The highest BCUT2D eigenvalue weighted by molar-refractivity contribution is 5.87. The molecule has 1 heterocycles. The molecule has 1 aliphatic rings. The summed E-state index contributed by atoms with van der Waals surface area (Å²) in [6, 6.07) is -0.652. The van der Waals surface area contributed by atoms with E-state index < -0.39 is 12.0 Å². The Morgan fingerprint density at radius 3 is 2.64 bits per heavy atom. The van der Waals surface area contributed by atoms with Crippen LogP contribution < -0.4 is 5.32 Å². The number of carboxylic acids is 1. The molecule has 0 aromatic carbocycles. The zero-order valence-corrected chi connectivity index (χ0v) is 6.69. The van der Waals surface area contributed by atoms with Crippen LogP contribution in [0.25, 0.3) is 0 Å². The van der Waals surface area contributed by atoms with Crippen LogP contribution in [0, 0.1) is 0 Å². The van der Waals surface area contributed by atoms with Crippen molar-refractivity contribution in [3.63, 3.8) is 0 Å². The summed E-state index contributed by atoms with van der Waals surface area (Å²) in [6.07, 6.45) is 0.596. The Bertz CT molecular complexity index is 169. The van der Waals surface area contributed by atoms with Crippen molar-refractivity contribution < 1.29 is 14.7 Å². The summed E-state index contributed by atoms with van der Waals surface area (Å²) in [7, 11) is 0. The van der Waals surface area contributed by atoms with Crippen molar-refractivity contribution in [1.82, 2.24) is 5.32 Å². The van der Waals surface area contributed by atoms with Crippen LogP contribution in [-0.4, -0.2) is 29.4 Å². The Hall–Kier alpha value is -0.610. The lowest BCUT2D eigenvalue weighted by molar-refractivity contribution is -0.142. The van der Waals surface area contributed by atoms with Crippen LogP contribution in [0.3, 0.4) is 0 Å². The van der Waals surface area contributed by atoms with Gasteiger partial charge in [0.15, 0.2) is 0 Å². The molecule has 2 N–H and O–H groups in total. The second-order valence-electron chi connectivity index (χ2n) is 2.34. The van der Waals surface area contributed by atoms with Gasteiger partial charge in [-0.1, -0.05) is 0 Å². The summed E-state index contributed by atoms with van der Waals surface area (Å²) in [6.45, 7) is 0.496. The van der Waals surface area contributed by atoms with Gasteiger partial charge in [0.05, 0.1) is 0 Å². The Morgan fingerprint density at radius 1 is 1.64 bits per heavy atom. The normalized spacial score (nSPS) is 24.0. The molecule has 0 aromatic heterocycles. The number of piperidine rings is 1. The van der Waals surface area contributed by atoms with Crippen LogP contribution in [-0.2, 0) is 9.59 Å². The molecule has 1 unspecified atom stereocenters. The second-order valence-corrected chi connectivity index (χ2v) is 2.34. The van der Waals surface area contributed by atoms with Crippen LogP contribution in [0.2, 0.25) is 0 Å². The maximum Gasteiger partial charge on any atom is 0.321 e. The first kappa shape index (κ1) is 10.4. The largest absolute Gasteiger partial charge is 0.480 e. The molecule has 0 spiro atoms. The summed E-state index contributed by atoms with van der Waals surface area (Å²) < 4.78 is 0. The SMILES string of the molecule is Cl.O=C1CCNC(C(=O)O)C1. The summed E-state index contributed by atoms with van der Waals surface area (Å²) in [5.41, 5.74) is 0. The summed E-state index contributed by atoms with van der Waals surface area (Å²) in [4.78, 5) is 21.0. The van der Waals surface area contributed by atoms with Crippen LogP contribution >= 0.6 is 12.4 Å². The molecule has 11 heavy (non-hydrogen) atoms. The number of carbonyl (C=O) groups excluding carboxylic acids is 1. The number of rotatable bonds is 1. The molecule has 1 saturated heterocycles. The molecule has 4 nitrogen and oxygen atoms in total. The van der Waals surface area contributed by atoms with Gasteiger partial charge in [-0.25, -0.2) is 0 Å². The Balaban J connectivity index is 0.000001000. The van der Waals surface area contributed by atoms with Gasteiger partial charge in [-0.15, -0.1) is 12.4 Å². The fraction of sp³-hybridized carbons (Fsp3) is 0.667. The summed E-state index contributed by atoms with van der Waals surface area (Å²) in [5, 5.41) is 11.2. The average molecular weight is 180 g/mol. The number of halogens is 1. The van der Waals surface area contributed by atoms with E-state index in [9.17, 15) is 9.59 Å². The first-order chi connectivity index (χ1) is 4.70. The predicted molar refractivity (Wildman–Crippen MR) is 40.9 cm³/mol. The molecule has 64 valence electrons. The van der Waals surface area contributed by atoms with Crippen molar-refractivity contribution in [3.05, 3.63) is 0 Å². The van der Waals surface area contributed by atoms with Crippen molar-refractivity contribution >= 4 is 24.2 Å². The Morgan fingerprint density at radius 2 is 2.27 bits per heavy atom. The number of aliphatic carboxylic acids is 1. The summed E-state index contributed by atoms with van der Waals surface area (Å²) >= 11 is 0. The molecule has 0 aliphatic carbocycles. The van der Waals surface area contributed by atoms with Gasteiger partial charge >= 0.3 is 5.97 Å². The van der Waals surface area contributed by atoms with E-state index in [0.717, 1.165) is 0 Å². The minimum atomic E-state index is -0.937. The van der Waals surface area contributed by atoms with Crippen LogP contribution in [0.4, 0.5) is 0 Å². The number of hydrogen-bond acceptors (Lipinski definition) is 3. The van der Waals surface area contributed by atoms with E-state index in [1.54, 1.807) is 0 Å². The lowest BCUT2D eigenvalue weighted by atomic mass is 10.0. The number of hydrogen-bond donors (Lipinski definition) is 2. The lowest BCUT2D eigenvalue weighted by Gasteiger charge is -2.17. The second kappa shape index (κ2) is 4.31. The molecule has 1 fully saturated rings.